The summed E-state index contributed by atoms with van der Waals surface area (Å²) >= 11 is 8.00. The third kappa shape index (κ3) is 4.56. The van der Waals surface area contributed by atoms with E-state index in [0.717, 1.165) is 68.7 Å². The number of para-hydroxylation sites is 1. The fourth-order valence-corrected chi connectivity index (χ4v) is 5.22. The molecule has 1 unspecified atom stereocenters. The first kappa shape index (κ1) is 20.5. The van der Waals surface area contributed by atoms with Crippen LogP contribution in [0.15, 0.2) is 29.4 Å². The molecule has 0 saturated carbocycles. The van der Waals surface area contributed by atoms with Gasteiger partial charge in [0.05, 0.1) is 16.0 Å². The molecule has 3 heterocycles. The molecule has 4 rings (SSSR count). The van der Waals surface area contributed by atoms with E-state index >= 15 is 0 Å². The SMILES string of the molecule is CC(Sc1nnc(N2CCCC2)n1-c1ccccc1Cl)C(=O)N1CCCCCC1. The Hall–Kier alpha value is -1.73. The average molecular weight is 434 g/mol. The molecule has 2 aliphatic rings. The predicted octanol–water partition coefficient (Wildman–Crippen LogP) is 4.40. The molecule has 0 bridgehead atoms. The maximum Gasteiger partial charge on any atom is 0.235 e. The van der Waals surface area contributed by atoms with Crippen LogP contribution in [-0.4, -0.2) is 57.0 Å². The lowest BCUT2D eigenvalue weighted by atomic mass is 10.2. The Balaban J connectivity index is 1.61. The molecule has 8 heteroatoms. The fraction of sp³-hybridized carbons (Fsp3) is 0.571. The van der Waals surface area contributed by atoms with Gasteiger partial charge in [-0.15, -0.1) is 10.2 Å². The number of amides is 1. The largest absolute Gasteiger partial charge is 0.342 e. The van der Waals surface area contributed by atoms with E-state index in [4.69, 9.17) is 11.6 Å². The zero-order chi connectivity index (χ0) is 20.2. The Kier molecular flexibility index (Phi) is 6.65. The number of carbonyl (C=O) groups is 1. The summed E-state index contributed by atoms with van der Waals surface area (Å²) in [6, 6.07) is 7.75. The van der Waals surface area contributed by atoms with Gasteiger partial charge in [0.15, 0.2) is 5.16 Å². The van der Waals surface area contributed by atoms with Crippen LogP contribution < -0.4 is 4.90 Å². The van der Waals surface area contributed by atoms with Crippen LogP contribution in [0.1, 0.15) is 45.4 Å². The Morgan fingerprint density at radius 2 is 1.66 bits per heavy atom. The summed E-state index contributed by atoms with van der Waals surface area (Å²) in [6.45, 7) is 5.63. The van der Waals surface area contributed by atoms with Crippen molar-refractivity contribution in [2.45, 2.75) is 55.9 Å². The molecule has 29 heavy (non-hydrogen) atoms. The van der Waals surface area contributed by atoms with Crippen molar-refractivity contribution in [1.82, 2.24) is 19.7 Å². The highest BCUT2D eigenvalue weighted by Crippen LogP contribution is 2.33. The van der Waals surface area contributed by atoms with Crippen molar-refractivity contribution >= 4 is 35.2 Å². The minimum absolute atomic E-state index is 0.188. The van der Waals surface area contributed by atoms with Gasteiger partial charge in [-0.05, 0) is 44.7 Å². The number of hydrogen-bond acceptors (Lipinski definition) is 5. The number of aromatic nitrogens is 3. The first-order valence-corrected chi connectivity index (χ1v) is 11.8. The lowest BCUT2D eigenvalue weighted by Gasteiger charge is -2.24. The monoisotopic (exact) mass is 433 g/mol. The van der Waals surface area contributed by atoms with Crippen LogP contribution in [0.25, 0.3) is 5.69 Å². The highest BCUT2D eigenvalue weighted by atomic mass is 35.5. The van der Waals surface area contributed by atoms with E-state index in [9.17, 15) is 4.79 Å². The maximum atomic E-state index is 13.0. The molecule has 1 atom stereocenters. The van der Waals surface area contributed by atoms with Gasteiger partial charge >= 0.3 is 0 Å². The van der Waals surface area contributed by atoms with Crippen molar-refractivity contribution in [3.63, 3.8) is 0 Å². The van der Waals surface area contributed by atoms with Crippen molar-refractivity contribution in [2.24, 2.45) is 0 Å². The molecule has 2 aromatic rings. The lowest BCUT2D eigenvalue weighted by Crippen LogP contribution is -2.37. The molecule has 0 radical (unpaired) electrons. The summed E-state index contributed by atoms with van der Waals surface area (Å²) in [5.41, 5.74) is 0.859. The third-order valence-corrected chi connectivity index (χ3v) is 7.00. The van der Waals surface area contributed by atoms with Crippen LogP contribution in [0.4, 0.5) is 5.95 Å². The average Bonchev–Trinajstić information content (AvgIpc) is 3.31. The number of nitrogens with zero attached hydrogens (tertiary/aromatic N) is 5. The minimum atomic E-state index is -0.218. The molecule has 1 amide bonds. The smallest absolute Gasteiger partial charge is 0.235 e. The van der Waals surface area contributed by atoms with Gasteiger partial charge in [-0.25, -0.2) is 0 Å². The molecule has 6 nitrogen and oxygen atoms in total. The van der Waals surface area contributed by atoms with E-state index in [2.05, 4.69) is 15.1 Å². The van der Waals surface area contributed by atoms with Crippen molar-refractivity contribution in [2.75, 3.05) is 31.1 Å². The number of benzene rings is 1. The Morgan fingerprint density at radius 3 is 2.34 bits per heavy atom. The second-order valence-corrected chi connectivity index (χ2v) is 9.48. The summed E-state index contributed by atoms with van der Waals surface area (Å²) in [5.74, 6) is 1.00. The van der Waals surface area contributed by atoms with E-state index in [1.165, 1.54) is 24.6 Å². The van der Waals surface area contributed by atoms with Crippen LogP contribution in [0.3, 0.4) is 0 Å². The van der Waals surface area contributed by atoms with Crippen LogP contribution >= 0.6 is 23.4 Å². The molecule has 156 valence electrons. The van der Waals surface area contributed by atoms with Crippen LogP contribution in [0.2, 0.25) is 5.02 Å². The van der Waals surface area contributed by atoms with E-state index < -0.39 is 0 Å². The van der Waals surface area contributed by atoms with Crippen LogP contribution in [0, 0.1) is 0 Å². The Labute approximate surface area is 181 Å². The molecule has 0 N–H and O–H groups in total. The normalized spacial score (nSPS) is 18.7. The fourth-order valence-electron chi connectivity index (χ4n) is 4.06. The number of hydrogen-bond donors (Lipinski definition) is 0. The number of rotatable bonds is 5. The molecular formula is C21H28ClN5OS. The molecule has 2 fully saturated rings. The van der Waals surface area contributed by atoms with Gasteiger partial charge in [-0.1, -0.05) is 48.3 Å². The van der Waals surface area contributed by atoms with Crippen molar-refractivity contribution in [3.05, 3.63) is 29.3 Å². The summed E-state index contributed by atoms with van der Waals surface area (Å²) < 4.78 is 2.02. The summed E-state index contributed by atoms with van der Waals surface area (Å²) in [7, 11) is 0. The van der Waals surface area contributed by atoms with Crippen LogP contribution in [0.5, 0.6) is 0 Å². The minimum Gasteiger partial charge on any atom is -0.342 e. The Morgan fingerprint density at radius 1 is 1.00 bits per heavy atom. The van der Waals surface area contributed by atoms with Crippen molar-refractivity contribution in [1.29, 1.82) is 0 Å². The van der Waals surface area contributed by atoms with Gasteiger partial charge in [0.1, 0.15) is 0 Å². The van der Waals surface area contributed by atoms with Gasteiger partial charge in [0.25, 0.3) is 0 Å². The molecule has 2 saturated heterocycles. The number of halogens is 1. The van der Waals surface area contributed by atoms with Gasteiger partial charge in [-0.2, -0.15) is 0 Å². The molecule has 0 aliphatic carbocycles. The van der Waals surface area contributed by atoms with Gasteiger partial charge in [-0.3, -0.25) is 9.36 Å². The van der Waals surface area contributed by atoms with Crippen molar-refractivity contribution in [3.8, 4) is 5.69 Å². The second kappa shape index (κ2) is 9.39. The summed E-state index contributed by atoms with van der Waals surface area (Å²) in [5, 5.41) is 10.1. The van der Waals surface area contributed by atoms with E-state index in [1.54, 1.807) is 0 Å². The molecule has 2 aliphatic heterocycles. The summed E-state index contributed by atoms with van der Waals surface area (Å²) in [6.07, 6.45) is 6.93. The number of thioether (sulfide) groups is 1. The maximum absolute atomic E-state index is 13.0. The van der Waals surface area contributed by atoms with Gasteiger partial charge in [0, 0.05) is 26.2 Å². The quantitative estimate of drug-likeness (QED) is 0.654. The highest BCUT2D eigenvalue weighted by Gasteiger charge is 2.28. The summed E-state index contributed by atoms with van der Waals surface area (Å²) in [4.78, 5) is 17.3. The van der Waals surface area contributed by atoms with E-state index in [-0.39, 0.29) is 11.2 Å². The van der Waals surface area contributed by atoms with Crippen molar-refractivity contribution < 1.29 is 4.79 Å². The van der Waals surface area contributed by atoms with E-state index in [0.29, 0.717) is 5.02 Å². The molecule has 1 aromatic heterocycles. The number of carbonyl (C=O) groups excluding carboxylic acids is 1. The first-order valence-electron chi connectivity index (χ1n) is 10.6. The third-order valence-electron chi connectivity index (χ3n) is 5.65. The molecule has 0 spiro atoms. The Bertz CT molecular complexity index is 843. The molecule has 1 aromatic carbocycles. The number of likely N-dealkylation sites (tertiary alicyclic amines) is 1. The standard InChI is InChI=1S/C21H28ClN5OS/c1-16(19(28)25-12-6-2-3-7-13-25)29-21-24-23-20(26-14-8-9-15-26)27(21)18-11-5-4-10-17(18)22/h4-5,10-11,16H,2-3,6-9,12-15H2,1H3. The van der Waals surface area contributed by atoms with Gasteiger partial charge < -0.3 is 9.80 Å². The van der Waals surface area contributed by atoms with E-state index in [1.807, 2.05) is 40.7 Å². The van der Waals surface area contributed by atoms with Crippen LogP contribution in [-0.2, 0) is 4.79 Å². The number of anilines is 1. The van der Waals surface area contributed by atoms with Gasteiger partial charge in [0.2, 0.25) is 11.9 Å². The predicted molar refractivity (Wildman–Crippen MR) is 118 cm³/mol. The lowest BCUT2D eigenvalue weighted by molar-refractivity contribution is -0.130. The topological polar surface area (TPSA) is 54.3 Å². The second-order valence-electron chi connectivity index (χ2n) is 7.76. The highest BCUT2D eigenvalue weighted by molar-refractivity contribution is 8.00. The zero-order valence-electron chi connectivity index (χ0n) is 16.9. The zero-order valence-corrected chi connectivity index (χ0v) is 18.5. The first-order chi connectivity index (χ1) is 14.1. The molecular weight excluding hydrogens is 406 g/mol.